The second kappa shape index (κ2) is 6.17. The molecule has 0 spiro atoms. The molecule has 1 aromatic rings. The minimum absolute atomic E-state index is 0.0528. The first kappa shape index (κ1) is 15.7. The van der Waals surface area contributed by atoms with E-state index >= 15 is 0 Å². The van der Waals surface area contributed by atoms with E-state index in [1.807, 2.05) is 0 Å². The van der Waals surface area contributed by atoms with Gasteiger partial charge >= 0.3 is 5.97 Å². The number of aliphatic hydroxyl groups excluding tert-OH is 2. The molecular weight excluding hydrogens is 272 g/mol. The van der Waals surface area contributed by atoms with Gasteiger partial charge in [0.15, 0.2) is 6.10 Å². The summed E-state index contributed by atoms with van der Waals surface area (Å²) in [6, 6.07) is 2.26. The smallest absolute Gasteiger partial charge is 0.337 e. The van der Waals surface area contributed by atoms with Crippen LogP contribution in [0.1, 0.15) is 11.7 Å². The van der Waals surface area contributed by atoms with Gasteiger partial charge < -0.3 is 25.4 Å². The molecule has 2 atom stereocenters. The topological polar surface area (TPSA) is 145 Å². The quantitative estimate of drug-likeness (QED) is 0.291. The van der Waals surface area contributed by atoms with Gasteiger partial charge in [-0.1, -0.05) is 0 Å². The van der Waals surface area contributed by atoms with Gasteiger partial charge in [0.05, 0.1) is 25.2 Å². The molecule has 9 nitrogen and oxygen atoms in total. The largest absolute Gasteiger partial charge is 0.496 e. The van der Waals surface area contributed by atoms with Crippen molar-refractivity contribution in [1.29, 1.82) is 0 Å². The normalized spacial score (nSPS) is 13.4. The van der Waals surface area contributed by atoms with E-state index in [4.69, 9.17) is 10.5 Å². The number of hydrogen-bond acceptors (Lipinski definition) is 8. The number of ether oxygens (including phenoxy) is 2. The van der Waals surface area contributed by atoms with Crippen LogP contribution in [-0.4, -0.2) is 41.4 Å². The molecule has 0 aromatic heterocycles. The van der Waals surface area contributed by atoms with Gasteiger partial charge in [-0.25, -0.2) is 4.79 Å². The van der Waals surface area contributed by atoms with E-state index in [-0.39, 0.29) is 17.0 Å². The van der Waals surface area contributed by atoms with E-state index in [1.54, 1.807) is 0 Å². The molecular formula is C11H14N2O7. The van der Waals surface area contributed by atoms with E-state index in [0.29, 0.717) is 0 Å². The summed E-state index contributed by atoms with van der Waals surface area (Å²) < 4.78 is 9.12. The average Bonchev–Trinajstić information content (AvgIpc) is 2.44. The van der Waals surface area contributed by atoms with Crippen molar-refractivity contribution >= 4 is 17.3 Å². The number of methoxy groups -OCH3 is 2. The summed E-state index contributed by atoms with van der Waals surface area (Å²) in [6.07, 6.45) is -3.70. The Labute approximate surface area is 113 Å². The maximum Gasteiger partial charge on any atom is 0.337 e. The van der Waals surface area contributed by atoms with Gasteiger partial charge in [-0.05, 0) is 6.07 Å². The monoisotopic (exact) mass is 286 g/mol. The van der Waals surface area contributed by atoms with Crippen molar-refractivity contribution < 1.29 is 29.4 Å². The van der Waals surface area contributed by atoms with Gasteiger partial charge in [-0.2, -0.15) is 0 Å². The lowest BCUT2D eigenvalue weighted by atomic mass is 10.0. The number of nitro groups is 1. The molecule has 0 aliphatic carbocycles. The molecule has 1 aromatic carbocycles. The third-order valence-corrected chi connectivity index (χ3v) is 2.66. The average molecular weight is 286 g/mol. The Bertz CT molecular complexity index is 532. The summed E-state index contributed by atoms with van der Waals surface area (Å²) in [7, 11) is 2.29. The van der Waals surface area contributed by atoms with E-state index in [1.165, 1.54) is 13.2 Å². The van der Waals surface area contributed by atoms with Gasteiger partial charge in [-0.15, -0.1) is 0 Å². The molecule has 0 saturated carbocycles. The van der Waals surface area contributed by atoms with Gasteiger partial charge in [0.1, 0.15) is 17.5 Å². The minimum atomic E-state index is -1.92. The highest BCUT2D eigenvalue weighted by Crippen LogP contribution is 2.35. The van der Waals surface area contributed by atoms with Crippen LogP contribution in [0.3, 0.4) is 0 Å². The van der Waals surface area contributed by atoms with Gasteiger partial charge in [0.2, 0.25) is 0 Å². The number of nitrogen functional groups attached to an aromatic ring is 1. The second-order valence-corrected chi connectivity index (χ2v) is 3.82. The Morgan fingerprint density at radius 1 is 1.40 bits per heavy atom. The molecule has 1 rings (SSSR count). The predicted octanol–water partition coefficient (Wildman–Crippen LogP) is -0.247. The summed E-state index contributed by atoms with van der Waals surface area (Å²) in [5, 5.41) is 30.3. The van der Waals surface area contributed by atoms with Crippen molar-refractivity contribution in [3.63, 3.8) is 0 Å². The Morgan fingerprint density at radius 2 is 2.00 bits per heavy atom. The number of carbonyl (C=O) groups is 1. The molecule has 0 amide bonds. The molecule has 20 heavy (non-hydrogen) atoms. The van der Waals surface area contributed by atoms with Crippen molar-refractivity contribution in [2.75, 3.05) is 20.0 Å². The first-order chi connectivity index (χ1) is 9.33. The summed E-state index contributed by atoms with van der Waals surface area (Å²) in [5.74, 6) is -1.04. The third kappa shape index (κ3) is 2.95. The fourth-order valence-corrected chi connectivity index (χ4v) is 1.57. The summed E-state index contributed by atoms with van der Waals surface area (Å²) in [4.78, 5) is 21.3. The molecule has 110 valence electrons. The van der Waals surface area contributed by atoms with E-state index < -0.39 is 28.8 Å². The summed E-state index contributed by atoms with van der Waals surface area (Å²) >= 11 is 0. The van der Waals surface area contributed by atoms with Crippen LogP contribution in [0.2, 0.25) is 0 Å². The Balaban J connectivity index is 3.32. The lowest BCUT2D eigenvalue weighted by molar-refractivity contribution is -0.384. The predicted molar refractivity (Wildman–Crippen MR) is 67.0 cm³/mol. The summed E-state index contributed by atoms with van der Waals surface area (Å²) in [6.45, 7) is 0. The zero-order valence-electron chi connectivity index (χ0n) is 10.8. The van der Waals surface area contributed by atoms with Crippen LogP contribution in [0.5, 0.6) is 5.75 Å². The molecule has 0 fully saturated rings. The Hall–Kier alpha value is -2.39. The minimum Gasteiger partial charge on any atom is -0.496 e. The molecule has 2 unspecified atom stereocenters. The number of nitro benzene ring substituents is 1. The first-order valence-corrected chi connectivity index (χ1v) is 5.39. The van der Waals surface area contributed by atoms with Crippen molar-refractivity contribution in [2.24, 2.45) is 0 Å². The van der Waals surface area contributed by atoms with Crippen LogP contribution in [-0.2, 0) is 9.53 Å². The molecule has 9 heteroatoms. The van der Waals surface area contributed by atoms with E-state index in [0.717, 1.165) is 13.2 Å². The van der Waals surface area contributed by atoms with Crippen LogP contribution in [0, 0.1) is 10.1 Å². The van der Waals surface area contributed by atoms with Crippen molar-refractivity contribution in [1.82, 2.24) is 0 Å². The lowest BCUT2D eigenvalue weighted by Gasteiger charge is -2.18. The van der Waals surface area contributed by atoms with Crippen LogP contribution in [0.25, 0.3) is 0 Å². The van der Waals surface area contributed by atoms with E-state index in [9.17, 15) is 25.1 Å². The molecule has 0 bridgehead atoms. The number of anilines is 1. The molecule has 0 saturated heterocycles. The standard InChI is InChI=1S/C11H14N2O7/c1-19-5-3-6(8(12)7(4-5)13(17)18)9(14)10(15)11(16)20-2/h3-4,9-10,14-15H,12H2,1-2H3. The molecule has 0 heterocycles. The second-order valence-electron chi connectivity index (χ2n) is 3.82. The highest BCUT2D eigenvalue weighted by molar-refractivity contribution is 5.76. The fourth-order valence-electron chi connectivity index (χ4n) is 1.57. The van der Waals surface area contributed by atoms with Crippen molar-refractivity contribution in [3.05, 3.63) is 27.8 Å². The van der Waals surface area contributed by atoms with E-state index in [2.05, 4.69) is 4.74 Å². The number of benzene rings is 1. The van der Waals surface area contributed by atoms with Crippen molar-refractivity contribution in [2.45, 2.75) is 12.2 Å². The maximum atomic E-state index is 11.2. The molecule has 0 aliphatic rings. The molecule has 0 aliphatic heterocycles. The van der Waals surface area contributed by atoms with Gasteiger partial charge in [0.25, 0.3) is 5.69 Å². The Morgan fingerprint density at radius 3 is 2.45 bits per heavy atom. The van der Waals surface area contributed by atoms with Crippen molar-refractivity contribution in [3.8, 4) is 5.75 Å². The number of aliphatic hydroxyl groups is 2. The maximum absolute atomic E-state index is 11.2. The van der Waals surface area contributed by atoms with Crippen LogP contribution in [0.4, 0.5) is 11.4 Å². The fraction of sp³-hybridized carbons (Fsp3) is 0.364. The first-order valence-electron chi connectivity index (χ1n) is 5.39. The lowest BCUT2D eigenvalue weighted by Crippen LogP contribution is -2.29. The Kier molecular flexibility index (Phi) is 4.83. The SMILES string of the molecule is COC(=O)C(O)C(O)c1cc(OC)cc([N+](=O)[O-])c1N. The number of rotatable bonds is 5. The van der Waals surface area contributed by atoms with Gasteiger partial charge in [-0.3, -0.25) is 10.1 Å². The molecule has 4 N–H and O–H groups in total. The zero-order chi connectivity index (χ0) is 15.4. The third-order valence-electron chi connectivity index (χ3n) is 2.66. The van der Waals surface area contributed by atoms with Crippen LogP contribution < -0.4 is 10.5 Å². The highest BCUT2D eigenvalue weighted by atomic mass is 16.6. The molecule has 0 radical (unpaired) electrons. The van der Waals surface area contributed by atoms with Gasteiger partial charge in [0, 0.05) is 5.56 Å². The number of hydrogen-bond donors (Lipinski definition) is 3. The number of esters is 1. The number of carbonyl (C=O) groups excluding carboxylic acids is 1. The highest BCUT2D eigenvalue weighted by Gasteiger charge is 2.31. The van der Waals surface area contributed by atoms with Crippen LogP contribution >= 0.6 is 0 Å². The zero-order valence-corrected chi connectivity index (χ0v) is 10.8. The summed E-state index contributed by atoms with van der Waals surface area (Å²) in [5.41, 5.74) is 4.49. The van der Waals surface area contributed by atoms with Crippen LogP contribution in [0.15, 0.2) is 12.1 Å². The number of nitrogens with two attached hydrogens (primary N) is 1. The number of nitrogens with zero attached hydrogens (tertiary/aromatic N) is 1.